The van der Waals surface area contributed by atoms with E-state index in [0.29, 0.717) is 18.1 Å². The van der Waals surface area contributed by atoms with Gasteiger partial charge in [0.05, 0.1) is 23.3 Å². The molecule has 1 aromatic heterocycles. The number of fused-ring (bicyclic) bond motifs is 4. The minimum atomic E-state index is -1.07. The van der Waals surface area contributed by atoms with E-state index in [-0.39, 0.29) is 12.6 Å². The standard InChI is InChI=1S/C47H43FN2O3/c48-25-27-50-38-19-11-10-18-36(38)37-29-46(51)40-28-32-22-23-39(43-41(32)45(46,44(52-43)42(37)50)24-26-49(40)30-31-20-21-31)53-47(33-12-4-1-5-13-33,34-14-6-2-7-15-34)35-16-8-3-9-17-35/h1-19,22-23,31,40,44,51H,20-21,24-30H2/t40-,44+,45+,46-/m1/s1. The molecule has 1 spiro atoms. The van der Waals surface area contributed by atoms with E-state index in [4.69, 9.17) is 9.47 Å². The third-order valence-electron chi connectivity index (χ3n) is 13.4. The van der Waals surface area contributed by atoms with Crippen molar-refractivity contribution >= 4 is 10.9 Å². The lowest BCUT2D eigenvalue weighted by Crippen LogP contribution is -2.74. The molecule has 3 heterocycles. The first-order valence-corrected chi connectivity index (χ1v) is 19.4. The summed E-state index contributed by atoms with van der Waals surface area (Å²) in [6.07, 6.45) is 4.08. The van der Waals surface area contributed by atoms with E-state index >= 15 is 0 Å². The summed E-state index contributed by atoms with van der Waals surface area (Å²) in [5.41, 5.74) is 5.67. The summed E-state index contributed by atoms with van der Waals surface area (Å²) >= 11 is 0. The van der Waals surface area contributed by atoms with Gasteiger partial charge in [0.25, 0.3) is 0 Å². The van der Waals surface area contributed by atoms with Gasteiger partial charge in [-0.15, -0.1) is 0 Å². The summed E-state index contributed by atoms with van der Waals surface area (Å²) in [5.74, 6) is 2.08. The SMILES string of the molecule is O[C@@]12Cc3c(n(CCF)c4ccccc34)[C@@H]3Oc4c(OC(c5ccccc5)(c5ccccc5)c5ccccc5)ccc5c4[C@@]31CCN(CC1CC1)[C@@H]2C5. The molecule has 2 bridgehead atoms. The fourth-order valence-corrected chi connectivity index (χ4v) is 11.1. The second-order valence-electron chi connectivity index (χ2n) is 16.0. The van der Waals surface area contributed by atoms with Crippen LogP contribution in [0.2, 0.25) is 0 Å². The minimum Gasteiger partial charge on any atom is -0.479 e. The average molecular weight is 703 g/mol. The first kappa shape index (κ1) is 31.6. The van der Waals surface area contributed by atoms with Crippen molar-refractivity contribution in [3.05, 3.63) is 166 Å². The molecule has 1 N–H and O–H groups in total. The van der Waals surface area contributed by atoms with Crippen molar-refractivity contribution in [3.8, 4) is 11.5 Å². The van der Waals surface area contributed by atoms with E-state index in [0.717, 1.165) is 76.1 Å². The van der Waals surface area contributed by atoms with Crippen molar-refractivity contribution < 1.29 is 19.0 Å². The number of ether oxygens (including phenoxy) is 2. The van der Waals surface area contributed by atoms with E-state index in [1.54, 1.807) is 0 Å². The molecular weight excluding hydrogens is 660 g/mol. The van der Waals surface area contributed by atoms with Gasteiger partial charge < -0.3 is 19.1 Å². The van der Waals surface area contributed by atoms with Crippen LogP contribution in [0.5, 0.6) is 11.5 Å². The Labute approximate surface area is 309 Å². The number of benzene rings is 5. The Morgan fingerprint density at radius 1 is 0.811 bits per heavy atom. The number of para-hydroxylation sites is 1. The Morgan fingerprint density at radius 3 is 2.09 bits per heavy atom. The second-order valence-corrected chi connectivity index (χ2v) is 16.0. The molecule has 1 saturated heterocycles. The lowest BCUT2D eigenvalue weighted by molar-refractivity contribution is -0.173. The molecule has 5 aromatic carbocycles. The first-order chi connectivity index (χ1) is 26.1. The third-order valence-corrected chi connectivity index (χ3v) is 13.4. The van der Waals surface area contributed by atoms with Crippen molar-refractivity contribution in [1.29, 1.82) is 0 Å². The molecule has 0 radical (unpaired) electrons. The number of aliphatic hydroxyl groups is 1. The normalized spacial score (nSPS) is 25.5. The van der Waals surface area contributed by atoms with Gasteiger partial charge in [0.2, 0.25) is 0 Å². The van der Waals surface area contributed by atoms with Gasteiger partial charge in [-0.25, -0.2) is 4.39 Å². The molecule has 1 saturated carbocycles. The number of alkyl halides is 1. The van der Waals surface area contributed by atoms with Crippen LogP contribution in [0.4, 0.5) is 4.39 Å². The first-order valence-electron chi connectivity index (χ1n) is 19.4. The largest absolute Gasteiger partial charge is 0.479 e. The lowest BCUT2D eigenvalue weighted by atomic mass is 9.49. The predicted molar refractivity (Wildman–Crippen MR) is 204 cm³/mol. The number of halogens is 1. The Balaban J connectivity index is 1.16. The number of nitrogens with zero attached hydrogens (tertiary/aromatic N) is 2. The number of rotatable bonds is 9. The Kier molecular flexibility index (Phi) is 6.88. The topological polar surface area (TPSA) is 46.9 Å². The molecule has 5 nitrogen and oxygen atoms in total. The highest BCUT2D eigenvalue weighted by molar-refractivity contribution is 5.87. The molecule has 6 aromatic rings. The zero-order chi connectivity index (χ0) is 35.4. The molecule has 0 unspecified atom stereocenters. The summed E-state index contributed by atoms with van der Waals surface area (Å²) in [4.78, 5) is 2.60. The Bertz CT molecular complexity index is 2260. The van der Waals surface area contributed by atoms with Gasteiger partial charge in [-0.2, -0.15) is 0 Å². The highest BCUT2D eigenvalue weighted by atomic mass is 19.1. The van der Waals surface area contributed by atoms with Crippen molar-refractivity contribution in [2.24, 2.45) is 5.92 Å². The maximum atomic E-state index is 14.5. The van der Waals surface area contributed by atoms with E-state index in [2.05, 4.69) is 113 Å². The van der Waals surface area contributed by atoms with Gasteiger partial charge in [0, 0.05) is 52.2 Å². The van der Waals surface area contributed by atoms with E-state index in [1.807, 2.05) is 24.3 Å². The number of hydrogen-bond acceptors (Lipinski definition) is 4. The third kappa shape index (κ3) is 4.25. The fourth-order valence-electron chi connectivity index (χ4n) is 11.1. The maximum absolute atomic E-state index is 14.5. The molecule has 266 valence electrons. The number of aromatic nitrogens is 1. The van der Waals surface area contributed by atoms with Crippen molar-refractivity contribution in [2.75, 3.05) is 19.8 Å². The van der Waals surface area contributed by atoms with Crippen LogP contribution in [0, 0.1) is 5.92 Å². The molecule has 4 atom stereocenters. The Hall–Kier alpha value is -4.91. The van der Waals surface area contributed by atoms with Gasteiger partial charge in [-0.3, -0.25) is 4.90 Å². The quantitative estimate of drug-likeness (QED) is 0.153. The van der Waals surface area contributed by atoms with Crippen LogP contribution in [0.15, 0.2) is 127 Å². The molecule has 53 heavy (non-hydrogen) atoms. The second kappa shape index (κ2) is 11.5. The molecule has 0 amide bonds. The van der Waals surface area contributed by atoms with Crippen LogP contribution in [0.25, 0.3) is 10.9 Å². The van der Waals surface area contributed by atoms with E-state index in [1.165, 1.54) is 18.4 Å². The van der Waals surface area contributed by atoms with Crippen LogP contribution < -0.4 is 9.47 Å². The van der Waals surface area contributed by atoms with Crippen LogP contribution in [-0.4, -0.2) is 46.0 Å². The van der Waals surface area contributed by atoms with Gasteiger partial charge in [0.15, 0.2) is 23.2 Å². The predicted octanol–water partition coefficient (Wildman–Crippen LogP) is 8.68. The monoisotopic (exact) mass is 702 g/mol. The fraction of sp³-hybridized carbons (Fsp3) is 0.319. The molecule has 6 heteroatoms. The Morgan fingerprint density at radius 2 is 1.45 bits per heavy atom. The van der Waals surface area contributed by atoms with Gasteiger partial charge in [-0.1, -0.05) is 115 Å². The number of likely N-dealkylation sites (tertiary alicyclic amines) is 1. The summed E-state index contributed by atoms with van der Waals surface area (Å²) in [6, 6.07) is 44.0. The smallest absolute Gasteiger partial charge is 0.184 e. The molecular formula is C47H43FN2O3. The van der Waals surface area contributed by atoms with E-state index in [9.17, 15) is 9.50 Å². The molecule has 3 aliphatic carbocycles. The summed E-state index contributed by atoms with van der Waals surface area (Å²) in [7, 11) is 0. The molecule has 2 aliphatic heterocycles. The van der Waals surface area contributed by atoms with Crippen molar-refractivity contribution in [3.63, 3.8) is 0 Å². The van der Waals surface area contributed by atoms with Crippen LogP contribution in [0.3, 0.4) is 0 Å². The van der Waals surface area contributed by atoms with Crippen LogP contribution >= 0.6 is 0 Å². The number of aryl methyl sites for hydroxylation is 1. The van der Waals surface area contributed by atoms with E-state index < -0.39 is 29.4 Å². The van der Waals surface area contributed by atoms with Gasteiger partial charge >= 0.3 is 0 Å². The zero-order valence-corrected chi connectivity index (χ0v) is 29.8. The highest BCUT2D eigenvalue weighted by Crippen LogP contribution is 2.70. The van der Waals surface area contributed by atoms with Gasteiger partial charge in [-0.05, 0) is 61.4 Å². The number of piperidine rings is 1. The number of hydrogen-bond donors (Lipinski definition) is 1. The molecule has 11 rings (SSSR count). The summed E-state index contributed by atoms with van der Waals surface area (Å²) < 4.78 is 31.7. The zero-order valence-electron chi connectivity index (χ0n) is 29.8. The highest BCUT2D eigenvalue weighted by Gasteiger charge is 2.73. The molecule has 2 fully saturated rings. The molecule has 5 aliphatic rings. The summed E-state index contributed by atoms with van der Waals surface area (Å²) in [6.45, 7) is 1.69. The lowest BCUT2D eigenvalue weighted by Gasteiger charge is -2.63. The maximum Gasteiger partial charge on any atom is 0.184 e. The van der Waals surface area contributed by atoms with Crippen molar-refractivity contribution in [1.82, 2.24) is 9.47 Å². The van der Waals surface area contributed by atoms with Gasteiger partial charge in [0.1, 0.15) is 6.67 Å². The van der Waals surface area contributed by atoms with Crippen LogP contribution in [-0.2, 0) is 30.4 Å². The minimum absolute atomic E-state index is 0.0401. The van der Waals surface area contributed by atoms with Crippen molar-refractivity contribution in [2.45, 2.75) is 67.4 Å². The van der Waals surface area contributed by atoms with Crippen LogP contribution in [0.1, 0.15) is 64.4 Å². The summed E-state index contributed by atoms with van der Waals surface area (Å²) in [5, 5.41) is 14.8. The average Bonchev–Trinajstić information content (AvgIpc) is 3.88.